The summed E-state index contributed by atoms with van der Waals surface area (Å²) in [5.41, 5.74) is 2.39. The van der Waals surface area contributed by atoms with Crippen molar-refractivity contribution in [3.8, 4) is 0 Å². The number of likely N-dealkylation sites (tertiary alicyclic amines) is 1. The summed E-state index contributed by atoms with van der Waals surface area (Å²) < 4.78 is 12.7. The molecule has 0 unspecified atom stereocenters. The molecule has 2 aromatic rings. The minimum Gasteiger partial charge on any atom is -0.443 e. The van der Waals surface area contributed by atoms with E-state index in [4.69, 9.17) is 14.5 Å². The molecule has 32 heavy (non-hydrogen) atoms. The zero-order valence-electron chi connectivity index (χ0n) is 20.1. The molecule has 3 atom stereocenters. The quantitative estimate of drug-likeness (QED) is 0.622. The van der Waals surface area contributed by atoms with Crippen LogP contribution in [0, 0.1) is 5.92 Å². The van der Waals surface area contributed by atoms with E-state index in [0.717, 1.165) is 47.7 Å². The highest BCUT2D eigenvalue weighted by molar-refractivity contribution is 7.18. The first-order valence-corrected chi connectivity index (χ1v) is 12.3. The first-order chi connectivity index (χ1) is 15.1. The number of hydrogen-bond acceptors (Lipinski definition) is 6. The van der Waals surface area contributed by atoms with Gasteiger partial charge in [0, 0.05) is 31.7 Å². The number of carbonyl (C=O) groups is 1. The minimum absolute atomic E-state index is 0.166. The Labute approximate surface area is 195 Å². The van der Waals surface area contributed by atoms with E-state index in [1.165, 1.54) is 4.70 Å². The highest BCUT2D eigenvalue weighted by atomic mass is 32.1. The normalized spacial score (nSPS) is 25.1. The lowest BCUT2D eigenvalue weighted by atomic mass is 9.94. The second-order valence-corrected chi connectivity index (χ2v) is 11.2. The van der Waals surface area contributed by atoms with Crippen molar-refractivity contribution < 1.29 is 14.3 Å². The first-order valence-electron chi connectivity index (χ1n) is 11.5. The van der Waals surface area contributed by atoms with Crippen molar-refractivity contribution in [3.63, 3.8) is 0 Å². The zero-order chi connectivity index (χ0) is 23.0. The van der Waals surface area contributed by atoms with Gasteiger partial charge in [0.25, 0.3) is 0 Å². The number of thiazole rings is 1. The predicted octanol–water partition coefficient (Wildman–Crippen LogP) is 5.35. The van der Waals surface area contributed by atoms with Crippen molar-refractivity contribution in [3.05, 3.63) is 34.8 Å². The second-order valence-electron chi connectivity index (χ2n) is 10.2. The summed E-state index contributed by atoms with van der Waals surface area (Å²) in [6.45, 7) is 10.5. The average molecular weight is 458 g/mol. The highest BCUT2D eigenvalue weighted by Crippen LogP contribution is 2.37. The van der Waals surface area contributed by atoms with Crippen LogP contribution in [-0.4, -0.2) is 66.4 Å². The molecule has 1 aromatic heterocycles. The fourth-order valence-corrected chi connectivity index (χ4v) is 5.66. The summed E-state index contributed by atoms with van der Waals surface area (Å²) in [4.78, 5) is 22.1. The molecule has 0 bridgehead atoms. The fraction of sp³-hybridized carbons (Fsp3) is 0.600. The monoisotopic (exact) mass is 457 g/mol. The molecular weight excluding hydrogens is 422 g/mol. The maximum atomic E-state index is 12.9. The third kappa shape index (κ3) is 5.00. The second kappa shape index (κ2) is 9.12. The van der Waals surface area contributed by atoms with E-state index in [1.54, 1.807) is 23.3 Å². The third-order valence-corrected chi connectivity index (χ3v) is 7.36. The predicted molar refractivity (Wildman–Crippen MR) is 130 cm³/mol. The maximum Gasteiger partial charge on any atom is 0.414 e. The summed E-state index contributed by atoms with van der Waals surface area (Å²) in [7, 11) is 3.94. The van der Waals surface area contributed by atoms with Gasteiger partial charge in [0.05, 0.1) is 27.0 Å². The Kier molecular flexibility index (Phi) is 6.61. The van der Waals surface area contributed by atoms with Crippen LogP contribution in [0.5, 0.6) is 0 Å². The first kappa shape index (κ1) is 23.2. The van der Waals surface area contributed by atoms with Gasteiger partial charge in [-0.2, -0.15) is 0 Å². The molecule has 4 rings (SSSR count). The van der Waals surface area contributed by atoms with Crippen molar-refractivity contribution >= 4 is 33.3 Å². The zero-order valence-corrected chi connectivity index (χ0v) is 20.9. The van der Waals surface area contributed by atoms with Crippen LogP contribution in [0.15, 0.2) is 24.3 Å². The summed E-state index contributed by atoms with van der Waals surface area (Å²) in [5.74, 6) is 0.723. The van der Waals surface area contributed by atoms with Crippen LogP contribution in [0.1, 0.15) is 57.0 Å². The van der Waals surface area contributed by atoms with Gasteiger partial charge in [-0.1, -0.05) is 19.1 Å². The molecule has 6 nitrogen and oxygen atoms in total. The van der Waals surface area contributed by atoms with Gasteiger partial charge in [-0.15, -0.1) is 11.3 Å². The molecule has 0 radical (unpaired) electrons. The number of amides is 1. The number of methoxy groups -OCH3 is 1. The van der Waals surface area contributed by atoms with E-state index in [9.17, 15) is 4.79 Å². The number of ether oxygens (including phenoxy) is 2. The SMILES string of the molecule is CO[C@@H]1CN(C)CC[C@H]1c1nc2cc(C3=CC[C@H](C)CN3C(=O)OC(C)(C)C)ccc2s1. The number of hydrogen-bond donors (Lipinski definition) is 0. The highest BCUT2D eigenvalue weighted by Gasteiger charge is 2.32. The molecule has 1 fully saturated rings. The van der Waals surface area contributed by atoms with Gasteiger partial charge in [0.2, 0.25) is 0 Å². The van der Waals surface area contributed by atoms with Gasteiger partial charge in [-0.25, -0.2) is 9.78 Å². The van der Waals surface area contributed by atoms with E-state index >= 15 is 0 Å². The summed E-state index contributed by atoms with van der Waals surface area (Å²) in [5, 5.41) is 1.15. The Morgan fingerprint density at radius 1 is 1.25 bits per heavy atom. The molecule has 7 heteroatoms. The Morgan fingerprint density at radius 3 is 2.75 bits per heavy atom. The van der Waals surface area contributed by atoms with Crippen LogP contribution in [-0.2, 0) is 9.47 Å². The molecule has 1 saturated heterocycles. The van der Waals surface area contributed by atoms with E-state index in [1.807, 2.05) is 20.8 Å². The molecule has 1 amide bonds. The molecule has 0 N–H and O–H groups in total. The van der Waals surface area contributed by atoms with E-state index < -0.39 is 5.60 Å². The van der Waals surface area contributed by atoms with Crippen LogP contribution in [0.25, 0.3) is 15.9 Å². The van der Waals surface area contributed by atoms with Crippen molar-refractivity contribution in [2.24, 2.45) is 5.92 Å². The number of fused-ring (bicyclic) bond motifs is 1. The molecule has 0 saturated carbocycles. The lowest BCUT2D eigenvalue weighted by Crippen LogP contribution is -2.41. The number of benzene rings is 1. The summed E-state index contributed by atoms with van der Waals surface area (Å²) in [6, 6.07) is 6.35. The molecule has 0 spiro atoms. The number of allylic oxidation sites excluding steroid dienone is 1. The molecule has 174 valence electrons. The number of piperidine rings is 1. The van der Waals surface area contributed by atoms with Crippen LogP contribution in [0.2, 0.25) is 0 Å². The van der Waals surface area contributed by atoms with E-state index in [2.05, 4.69) is 43.1 Å². The lowest BCUT2D eigenvalue weighted by molar-refractivity contribution is 0.0233. The smallest absolute Gasteiger partial charge is 0.414 e. The lowest BCUT2D eigenvalue weighted by Gasteiger charge is -2.34. The van der Waals surface area contributed by atoms with E-state index in [-0.39, 0.29) is 12.2 Å². The minimum atomic E-state index is -0.525. The standard InChI is InChI=1S/C25H35N3O3S/c1-16-7-9-20(28(14-16)24(29)31-25(2,3)4)17-8-10-22-19(13-17)26-23(32-22)18-11-12-27(5)15-21(18)30-6/h8-10,13,16,18,21H,7,11-12,14-15H2,1-6H3/t16-,18+,21+/m0/s1. The maximum absolute atomic E-state index is 12.9. The number of rotatable bonds is 3. The van der Waals surface area contributed by atoms with Crippen LogP contribution in [0.4, 0.5) is 4.79 Å². The van der Waals surface area contributed by atoms with Crippen LogP contribution in [0.3, 0.4) is 0 Å². The molecular formula is C25H35N3O3S. The molecule has 3 heterocycles. The van der Waals surface area contributed by atoms with Crippen LogP contribution < -0.4 is 0 Å². The molecule has 2 aliphatic rings. The Bertz CT molecular complexity index is 1010. The van der Waals surface area contributed by atoms with Crippen molar-refractivity contribution in [1.82, 2.24) is 14.8 Å². The van der Waals surface area contributed by atoms with Gasteiger partial charge in [-0.05, 0) is 65.3 Å². The van der Waals surface area contributed by atoms with Crippen LogP contribution >= 0.6 is 11.3 Å². The number of likely N-dealkylation sites (N-methyl/N-ethyl adjacent to an activating group) is 1. The summed E-state index contributed by atoms with van der Waals surface area (Å²) in [6.07, 6.45) is 4.03. The number of aromatic nitrogens is 1. The number of nitrogens with zero attached hydrogens (tertiary/aromatic N) is 3. The van der Waals surface area contributed by atoms with E-state index in [0.29, 0.717) is 18.4 Å². The molecule has 2 aliphatic heterocycles. The van der Waals surface area contributed by atoms with Gasteiger partial charge in [0.15, 0.2) is 0 Å². The van der Waals surface area contributed by atoms with Gasteiger partial charge >= 0.3 is 6.09 Å². The molecule has 0 aliphatic carbocycles. The van der Waals surface area contributed by atoms with Crippen molar-refractivity contribution in [2.45, 2.75) is 58.2 Å². The fourth-order valence-electron chi connectivity index (χ4n) is 4.53. The molecule has 1 aromatic carbocycles. The Hall–Kier alpha value is -1.96. The third-order valence-electron chi connectivity index (χ3n) is 6.19. The van der Waals surface area contributed by atoms with Gasteiger partial charge < -0.3 is 14.4 Å². The number of carbonyl (C=O) groups excluding carboxylic acids is 1. The topological polar surface area (TPSA) is 54.9 Å². The average Bonchev–Trinajstić information content (AvgIpc) is 3.15. The van der Waals surface area contributed by atoms with Gasteiger partial charge in [0.1, 0.15) is 5.60 Å². The Balaban J connectivity index is 1.63. The van der Waals surface area contributed by atoms with Crippen molar-refractivity contribution in [2.75, 3.05) is 33.8 Å². The Morgan fingerprint density at radius 2 is 2.03 bits per heavy atom. The van der Waals surface area contributed by atoms with Crippen molar-refractivity contribution in [1.29, 1.82) is 0 Å². The largest absolute Gasteiger partial charge is 0.443 e. The van der Waals surface area contributed by atoms with Gasteiger partial charge in [-0.3, -0.25) is 4.90 Å². The summed E-state index contributed by atoms with van der Waals surface area (Å²) >= 11 is 1.76.